The van der Waals surface area contributed by atoms with E-state index in [2.05, 4.69) is 48.5 Å². The van der Waals surface area contributed by atoms with Crippen molar-refractivity contribution in [3.8, 4) is 0 Å². The van der Waals surface area contributed by atoms with E-state index < -0.39 is 0 Å². The molecular weight excluding hydrogens is 204 g/mol. The summed E-state index contributed by atoms with van der Waals surface area (Å²) < 4.78 is 0. The second-order valence-electron chi connectivity index (χ2n) is 7.02. The van der Waals surface area contributed by atoms with Gasteiger partial charge in [-0.3, -0.25) is 0 Å². The van der Waals surface area contributed by atoms with Gasteiger partial charge in [-0.2, -0.15) is 0 Å². The van der Waals surface area contributed by atoms with E-state index in [4.69, 9.17) is 0 Å². The molecule has 0 bridgehead atoms. The van der Waals surface area contributed by atoms with Gasteiger partial charge in [-0.1, -0.05) is 67.7 Å². The minimum Gasteiger partial charge on any atom is -0.0651 e. The van der Waals surface area contributed by atoms with Gasteiger partial charge in [-0.15, -0.1) is 0 Å². The van der Waals surface area contributed by atoms with Crippen LogP contribution in [-0.4, -0.2) is 0 Å². The van der Waals surface area contributed by atoms with Gasteiger partial charge in [0, 0.05) is 0 Å². The lowest BCUT2D eigenvalue weighted by molar-refractivity contribution is 0.272. The average Bonchev–Trinajstić information content (AvgIpc) is 2.24. The molecule has 0 aromatic rings. The molecule has 0 aliphatic heterocycles. The standard InChI is InChI=1S/C17H36/c1-8-14(4)12-17(7)16(6)10-9-15(5)11-13(2)3/h13-17H,8-12H2,1-7H3. The predicted octanol–water partition coefficient (Wildman–Crippen LogP) is 6.16. The lowest BCUT2D eigenvalue weighted by atomic mass is 9.82. The van der Waals surface area contributed by atoms with E-state index in [1.54, 1.807) is 0 Å². The zero-order chi connectivity index (χ0) is 13.4. The van der Waals surface area contributed by atoms with E-state index in [0.717, 1.165) is 29.6 Å². The fraction of sp³-hybridized carbons (Fsp3) is 1.00. The zero-order valence-electron chi connectivity index (χ0n) is 13.4. The van der Waals surface area contributed by atoms with Crippen LogP contribution in [0.2, 0.25) is 0 Å². The van der Waals surface area contributed by atoms with Crippen LogP contribution < -0.4 is 0 Å². The smallest absolute Gasteiger partial charge is 0.0414 e. The minimum atomic E-state index is 0.859. The largest absolute Gasteiger partial charge is 0.0651 e. The van der Waals surface area contributed by atoms with Crippen molar-refractivity contribution in [2.45, 2.75) is 80.6 Å². The molecule has 0 aromatic heterocycles. The van der Waals surface area contributed by atoms with E-state index in [9.17, 15) is 0 Å². The molecule has 0 radical (unpaired) electrons. The number of hydrogen-bond donors (Lipinski definition) is 0. The molecule has 0 heteroatoms. The first kappa shape index (κ1) is 17.0. The molecule has 0 heterocycles. The van der Waals surface area contributed by atoms with Crippen molar-refractivity contribution in [3.05, 3.63) is 0 Å². The van der Waals surface area contributed by atoms with E-state index in [1.807, 2.05) is 0 Å². The summed E-state index contributed by atoms with van der Waals surface area (Å²) in [4.78, 5) is 0. The Bertz CT molecular complexity index is 171. The Morgan fingerprint density at radius 3 is 1.71 bits per heavy atom. The number of rotatable bonds is 9. The van der Waals surface area contributed by atoms with Crippen molar-refractivity contribution < 1.29 is 0 Å². The Balaban J connectivity index is 3.80. The van der Waals surface area contributed by atoms with Crippen LogP contribution in [0.15, 0.2) is 0 Å². The summed E-state index contributed by atoms with van der Waals surface area (Å²) in [5, 5.41) is 0. The molecule has 0 rings (SSSR count). The Hall–Kier alpha value is 0. The highest BCUT2D eigenvalue weighted by Gasteiger charge is 2.16. The normalized spacial score (nSPS) is 19.1. The summed E-state index contributed by atoms with van der Waals surface area (Å²) in [6.45, 7) is 16.7. The third kappa shape index (κ3) is 8.69. The van der Waals surface area contributed by atoms with E-state index in [-0.39, 0.29) is 0 Å². The van der Waals surface area contributed by atoms with Gasteiger partial charge in [0.25, 0.3) is 0 Å². The maximum atomic E-state index is 2.45. The first-order chi connectivity index (χ1) is 7.86. The molecule has 4 unspecified atom stereocenters. The van der Waals surface area contributed by atoms with Gasteiger partial charge < -0.3 is 0 Å². The molecule has 0 fully saturated rings. The lowest BCUT2D eigenvalue weighted by Crippen LogP contribution is -2.13. The third-order valence-electron chi connectivity index (χ3n) is 4.43. The molecule has 0 amide bonds. The summed E-state index contributed by atoms with van der Waals surface area (Å²) in [6, 6.07) is 0. The minimum absolute atomic E-state index is 0.859. The molecule has 0 aromatic carbocycles. The fourth-order valence-corrected chi connectivity index (χ4v) is 2.79. The van der Waals surface area contributed by atoms with Crippen molar-refractivity contribution in [3.63, 3.8) is 0 Å². The molecule has 17 heavy (non-hydrogen) atoms. The van der Waals surface area contributed by atoms with Crippen LogP contribution in [0.25, 0.3) is 0 Å². The van der Waals surface area contributed by atoms with E-state index >= 15 is 0 Å². The van der Waals surface area contributed by atoms with Crippen LogP contribution >= 0.6 is 0 Å². The topological polar surface area (TPSA) is 0 Å². The monoisotopic (exact) mass is 240 g/mol. The van der Waals surface area contributed by atoms with Crippen LogP contribution in [0.5, 0.6) is 0 Å². The first-order valence-electron chi connectivity index (χ1n) is 7.86. The molecule has 0 aliphatic rings. The van der Waals surface area contributed by atoms with Crippen LogP contribution in [0, 0.1) is 29.6 Å². The summed E-state index contributed by atoms with van der Waals surface area (Å²) in [5.41, 5.74) is 0. The first-order valence-corrected chi connectivity index (χ1v) is 7.86. The van der Waals surface area contributed by atoms with Gasteiger partial charge in [0.05, 0.1) is 0 Å². The maximum Gasteiger partial charge on any atom is -0.0414 e. The second kappa shape index (κ2) is 9.00. The molecule has 0 saturated carbocycles. The van der Waals surface area contributed by atoms with Crippen molar-refractivity contribution in [2.24, 2.45) is 29.6 Å². The predicted molar refractivity (Wildman–Crippen MR) is 80.3 cm³/mol. The van der Waals surface area contributed by atoms with Gasteiger partial charge in [0.15, 0.2) is 0 Å². The Morgan fingerprint density at radius 1 is 0.647 bits per heavy atom. The molecule has 4 atom stereocenters. The third-order valence-corrected chi connectivity index (χ3v) is 4.43. The molecule has 0 N–H and O–H groups in total. The summed E-state index contributed by atoms with van der Waals surface area (Å²) in [7, 11) is 0. The molecule has 0 aliphatic carbocycles. The van der Waals surface area contributed by atoms with E-state index in [1.165, 1.54) is 32.1 Å². The van der Waals surface area contributed by atoms with E-state index in [0.29, 0.717) is 0 Å². The average molecular weight is 240 g/mol. The van der Waals surface area contributed by atoms with Crippen LogP contribution in [-0.2, 0) is 0 Å². The lowest BCUT2D eigenvalue weighted by Gasteiger charge is -2.24. The summed E-state index contributed by atoms with van der Waals surface area (Å²) in [6.07, 6.45) is 6.99. The second-order valence-corrected chi connectivity index (χ2v) is 7.02. The van der Waals surface area contributed by atoms with Crippen molar-refractivity contribution in [2.75, 3.05) is 0 Å². The van der Waals surface area contributed by atoms with Gasteiger partial charge in [0.2, 0.25) is 0 Å². The highest BCUT2D eigenvalue weighted by atomic mass is 14.2. The highest BCUT2D eigenvalue weighted by molar-refractivity contribution is 4.67. The van der Waals surface area contributed by atoms with Gasteiger partial charge >= 0.3 is 0 Å². The fourth-order valence-electron chi connectivity index (χ4n) is 2.79. The highest BCUT2D eigenvalue weighted by Crippen LogP contribution is 2.27. The van der Waals surface area contributed by atoms with Crippen molar-refractivity contribution in [1.82, 2.24) is 0 Å². The maximum absolute atomic E-state index is 2.45. The quantitative estimate of drug-likeness (QED) is 0.453. The van der Waals surface area contributed by atoms with Gasteiger partial charge in [-0.25, -0.2) is 0 Å². The summed E-state index contributed by atoms with van der Waals surface area (Å²) in [5.74, 6) is 4.47. The Kier molecular flexibility index (Phi) is 9.00. The number of hydrogen-bond acceptors (Lipinski definition) is 0. The SMILES string of the molecule is CCC(C)CC(C)C(C)CCC(C)CC(C)C. The molecule has 0 saturated heterocycles. The van der Waals surface area contributed by atoms with Crippen LogP contribution in [0.3, 0.4) is 0 Å². The zero-order valence-corrected chi connectivity index (χ0v) is 13.4. The molecule has 0 spiro atoms. The van der Waals surface area contributed by atoms with Gasteiger partial charge in [0.1, 0.15) is 0 Å². The van der Waals surface area contributed by atoms with Crippen LogP contribution in [0.1, 0.15) is 80.6 Å². The Morgan fingerprint density at radius 2 is 1.24 bits per heavy atom. The Labute approximate surface area is 111 Å². The van der Waals surface area contributed by atoms with Crippen molar-refractivity contribution in [1.29, 1.82) is 0 Å². The van der Waals surface area contributed by atoms with Gasteiger partial charge in [-0.05, 0) is 42.4 Å². The molecule has 0 nitrogen and oxygen atoms in total. The van der Waals surface area contributed by atoms with Crippen molar-refractivity contribution >= 4 is 0 Å². The summed E-state index contributed by atoms with van der Waals surface area (Å²) >= 11 is 0. The molecular formula is C17H36. The van der Waals surface area contributed by atoms with Crippen LogP contribution in [0.4, 0.5) is 0 Å². The molecule has 104 valence electrons.